The monoisotopic (exact) mass is 223 g/mol. The molecule has 0 atom stereocenters. The van der Waals surface area contributed by atoms with E-state index in [4.69, 9.17) is 17.3 Å². The Balaban J connectivity index is 3.45. The Bertz CT molecular complexity index is 386. The van der Waals surface area contributed by atoms with Gasteiger partial charge in [-0.1, -0.05) is 11.6 Å². The molecule has 0 amide bonds. The van der Waals surface area contributed by atoms with E-state index in [1.165, 1.54) is 0 Å². The second kappa shape index (κ2) is 3.70. The van der Waals surface area contributed by atoms with Gasteiger partial charge in [-0.2, -0.15) is 0 Å². The van der Waals surface area contributed by atoms with Gasteiger partial charge in [-0.25, -0.2) is 13.8 Å². The second-order valence-corrected chi connectivity index (χ2v) is 2.68. The lowest BCUT2D eigenvalue weighted by Crippen LogP contribution is -2.03. The number of nitrogens with zero attached hydrogens (tertiary/aromatic N) is 2. The third-order valence-corrected chi connectivity index (χ3v) is 1.79. The fourth-order valence-electron chi connectivity index (χ4n) is 0.874. The van der Waals surface area contributed by atoms with Crippen molar-refractivity contribution in [2.75, 3.05) is 5.73 Å². The Kier molecular flexibility index (Phi) is 2.80. The van der Waals surface area contributed by atoms with Crippen molar-refractivity contribution in [3.63, 3.8) is 0 Å². The number of alkyl halides is 2. The van der Waals surface area contributed by atoms with Crippen molar-refractivity contribution in [2.24, 2.45) is 0 Å². The lowest BCUT2D eigenvalue weighted by atomic mass is 10.2. The maximum atomic E-state index is 12.3. The summed E-state index contributed by atoms with van der Waals surface area (Å²) in [6.45, 7) is 0. The molecule has 1 aromatic rings. The fraction of sp³-hybridized carbons (Fsp3) is 0.167. The van der Waals surface area contributed by atoms with Crippen LogP contribution in [0.3, 0.4) is 0 Å². The Morgan fingerprint density at radius 1 is 1.64 bits per heavy atom. The van der Waals surface area contributed by atoms with E-state index < -0.39 is 28.3 Å². The van der Waals surface area contributed by atoms with Crippen molar-refractivity contribution in [1.29, 1.82) is 0 Å². The number of anilines is 1. The standard InChI is InChI=1S/C6H4ClF2N3O2/c7-5-3(10)4(12(13)14)2(1-11-5)6(8)9/h1,6H,10H2. The van der Waals surface area contributed by atoms with Crippen molar-refractivity contribution >= 4 is 23.0 Å². The van der Waals surface area contributed by atoms with Crippen LogP contribution in [-0.2, 0) is 0 Å². The summed E-state index contributed by atoms with van der Waals surface area (Å²) in [5, 5.41) is 10.0. The van der Waals surface area contributed by atoms with Gasteiger partial charge in [0.15, 0.2) is 5.15 Å². The van der Waals surface area contributed by atoms with E-state index in [-0.39, 0.29) is 5.15 Å². The minimum Gasteiger partial charge on any atom is -0.391 e. The minimum atomic E-state index is -3.01. The molecule has 0 aliphatic rings. The number of nitrogen functional groups attached to an aromatic ring is 1. The lowest BCUT2D eigenvalue weighted by molar-refractivity contribution is -0.385. The molecule has 14 heavy (non-hydrogen) atoms. The fourth-order valence-corrected chi connectivity index (χ4v) is 1.01. The van der Waals surface area contributed by atoms with Crippen LogP contribution >= 0.6 is 11.6 Å². The number of hydrogen-bond donors (Lipinski definition) is 1. The highest BCUT2D eigenvalue weighted by Crippen LogP contribution is 2.35. The maximum Gasteiger partial charge on any atom is 0.305 e. The van der Waals surface area contributed by atoms with E-state index in [0.717, 1.165) is 0 Å². The molecule has 0 spiro atoms. The molecule has 0 radical (unpaired) electrons. The van der Waals surface area contributed by atoms with Gasteiger partial charge in [-0.05, 0) is 0 Å². The molecular formula is C6H4ClF2N3O2. The Labute approximate surface area is 81.6 Å². The summed E-state index contributed by atoms with van der Waals surface area (Å²) in [4.78, 5) is 12.7. The molecule has 0 saturated heterocycles. The number of halogens is 3. The summed E-state index contributed by atoms with van der Waals surface area (Å²) >= 11 is 5.35. The van der Waals surface area contributed by atoms with Crippen molar-refractivity contribution in [1.82, 2.24) is 4.98 Å². The summed E-state index contributed by atoms with van der Waals surface area (Å²) in [7, 11) is 0. The number of hydrogen-bond acceptors (Lipinski definition) is 4. The summed E-state index contributed by atoms with van der Waals surface area (Å²) in [5.41, 5.74) is 2.88. The Hall–Kier alpha value is -1.50. The van der Waals surface area contributed by atoms with Gasteiger partial charge in [0.05, 0.1) is 4.92 Å². The first-order chi connectivity index (χ1) is 6.45. The van der Waals surface area contributed by atoms with E-state index in [0.29, 0.717) is 6.20 Å². The van der Waals surface area contributed by atoms with E-state index in [9.17, 15) is 18.9 Å². The van der Waals surface area contributed by atoms with Crippen LogP contribution in [0.4, 0.5) is 20.2 Å². The summed E-state index contributed by atoms with van der Waals surface area (Å²) in [6.07, 6.45) is -2.37. The van der Waals surface area contributed by atoms with Gasteiger partial charge in [0.2, 0.25) is 0 Å². The van der Waals surface area contributed by atoms with Gasteiger partial charge < -0.3 is 5.73 Å². The molecule has 8 heteroatoms. The molecule has 0 bridgehead atoms. The smallest absolute Gasteiger partial charge is 0.305 e. The normalized spacial score (nSPS) is 10.6. The first-order valence-corrected chi connectivity index (χ1v) is 3.69. The first kappa shape index (κ1) is 10.6. The molecule has 0 saturated carbocycles. The van der Waals surface area contributed by atoms with Crippen LogP contribution in [0.25, 0.3) is 0 Å². The molecular weight excluding hydrogens is 220 g/mol. The van der Waals surface area contributed by atoms with Gasteiger partial charge in [0.1, 0.15) is 11.3 Å². The number of aromatic nitrogens is 1. The summed E-state index contributed by atoms with van der Waals surface area (Å²) in [6, 6.07) is 0. The van der Waals surface area contributed by atoms with Crippen LogP contribution in [0.1, 0.15) is 12.0 Å². The molecule has 2 N–H and O–H groups in total. The number of nitro groups is 1. The lowest BCUT2D eigenvalue weighted by Gasteiger charge is -2.04. The SMILES string of the molecule is Nc1c(Cl)ncc(C(F)F)c1[N+](=O)[O-]. The molecule has 76 valence electrons. The topological polar surface area (TPSA) is 82.0 Å². The highest BCUT2D eigenvalue weighted by molar-refractivity contribution is 6.32. The molecule has 0 fully saturated rings. The van der Waals surface area contributed by atoms with Crippen LogP contribution in [0, 0.1) is 10.1 Å². The average molecular weight is 224 g/mol. The van der Waals surface area contributed by atoms with Gasteiger partial charge >= 0.3 is 5.69 Å². The van der Waals surface area contributed by atoms with E-state index in [1.54, 1.807) is 0 Å². The molecule has 1 aromatic heterocycles. The zero-order valence-electron chi connectivity index (χ0n) is 6.58. The van der Waals surface area contributed by atoms with Crippen LogP contribution < -0.4 is 5.73 Å². The molecule has 0 aromatic carbocycles. The van der Waals surface area contributed by atoms with Crippen molar-refractivity contribution in [3.8, 4) is 0 Å². The van der Waals surface area contributed by atoms with Gasteiger partial charge in [0.25, 0.3) is 6.43 Å². The van der Waals surface area contributed by atoms with Crippen molar-refractivity contribution in [3.05, 3.63) is 27.0 Å². The summed E-state index contributed by atoms with van der Waals surface area (Å²) in [5.74, 6) is 0. The zero-order chi connectivity index (χ0) is 10.9. The van der Waals surface area contributed by atoms with E-state index in [1.807, 2.05) is 0 Å². The van der Waals surface area contributed by atoms with Crippen LogP contribution in [0.15, 0.2) is 6.20 Å². The van der Waals surface area contributed by atoms with Crippen LogP contribution in [0.2, 0.25) is 5.15 Å². The minimum absolute atomic E-state index is 0.360. The van der Waals surface area contributed by atoms with E-state index >= 15 is 0 Å². The van der Waals surface area contributed by atoms with E-state index in [2.05, 4.69) is 4.98 Å². The number of nitrogens with two attached hydrogens (primary N) is 1. The highest BCUT2D eigenvalue weighted by atomic mass is 35.5. The predicted octanol–water partition coefficient (Wildman–Crippen LogP) is 2.16. The quantitative estimate of drug-likeness (QED) is 0.473. The van der Waals surface area contributed by atoms with Crippen LogP contribution in [-0.4, -0.2) is 9.91 Å². The summed E-state index contributed by atoms with van der Waals surface area (Å²) < 4.78 is 24.5. The second-order valence-electron chi connectivity index (χ2n) is 2.32. The predicted molar refractivity (Wildman–Crippen MR) is 45.3 cm³/mol. The number of rotatable bonds is 2. The molecule has 0 aliphatic carbocycles. The zero-order valence-corrected chi connectivity index (χ0v) is 7.33. The maximum absolute atomic E-state index is 12.3. The third kappa shape index (κ3) is 1.72. The first-order valence-electron chi connectivity index (χ1n) is 3.31. The number of pyridine rings is 1. The highest BCUT2D eigenvalue weighted by Gasteiger charge is 2.27. The largest absolute Gasteiger partial charge is 0.391 e. The molecule has 5 nitrogen and oxygen atoms in total. The van der Waals surface area contributed by atoms with Crippen LogP contribution in [0.5, 0.6) is 0 Å². The molecule has 0 aliphatic heterocycles. The van der Waals surface area contributed by atoms with Crippen molar-refractivity contribution in [2.45, 2.75) is 6.43 Å². The Morgan fingerprint density at radius 3 is 2.64 bits per heavy atom. The third-order valence-electron chi connectivity index (χ3n) is 1.49. The molecule has 1 rings (SSSR count). The van der Waals surface area contributed by atoms with Crippen molar-refractivity contribution < 1.29 is 13.7 Å². The Morgan fingerprint density at radius 2 is 2.21 bits per heavy atom. The average Bonchev–Trinajstić information content (AvgIpc) is 2.08. The molecule has 0 unspecified atom stereocenters. The van der Waals surface area contributed by atoms with Gasteiger partial charge in [-0.3, -0.25) is 10.1 Å². The molecule has 1 heterocycles. The van der Waals surface area contributed by atoms with Gasteiger partial charge in [-0.15, -0.1) is 0 Å². The van der Waals surface area contributed by atoms with Gasteiger partial charge in [0, 0.05) is 6.20 Å².